The van der Waals surface area contributed by atoms with E-state index >= 15 is 0 Å². The monoisotopic (exact) mass is 264 g/mol. The number of carbonyl (C=O) groups is 1. The van der Waals surface area contributed by atoms with E-state index in [0.717, 1.165) is 25.9 Å². The molecule has 0 saturated carbocycles. The number of aromatic nitrogens is 1. The second-order valence-corrected chi connectivity index (χ2v) is 4.79. The molecule has 6 nitrogen and oxygen atoms in total. The number of likely N-dealkylation sites (tertiary alicyclic amines) is 1. The van der Waals surface area contributed by atoms with Crippen LogP contribution < -0.4 is 10.9 Å². The molecule has 1 atom stereocenters. The second kappa shape index (κ2) is 7.06. The van der Waals surface area contributed by atoms with Crippen LogP contribution in [0.2, 0.25) is 0 Å². The summed E-state index contributed by atoms with van der Waals surface area (Å²) in [6.45, 7) is 2.41. The molecule has 1 aliphatic rings. The van der Waals surface area contributed by atoms with Crippen molar-refractivity contribution in [2.24, 2.45) is 5.92 Å². The van der Waals surface area contributed by atoms with E-state index in [1.807, 2.05) is 12.1 Å². The standard InChI is InChI=1S/C13H20N4O2/c18-8-5-11-4-7-17(9-11)10-13(19)16-15-12-3-1-2-6-14-12/h1-3,6,11,18H,4-5,7-10H2,(H,14,15)(H,16,19). The molecule has 3 N–H and O–H groups in total. The highest BCUT2D eigenvalue weighted by Crippen LogP contribution is 2.18. The van der Waals surface area contributed by atoms with Gasteiger partial charge in [-0.15, -0.1) is 0 Å². The van der Waals surface area contributed by atoms with Crippen molar-refractivity contribution in [3.05, 3.63) is 24.4 Å². The first-order valence-corrected chi connectivity index (χ1v) is 6.57. The summed E-state index contributed by atoms with van der Waals surface area (Å²) >= 11 is 0. The molecule has 0 aliphatic carbocycles. The lowest BCUT2D eigenvalue weighted by molar-refractivity contribution is -0.121. The molecular formula is C13H20N4O2. The first-order valence-electron chi connectivity index (χ1n) is 6.57. The molecule has 0 bridgehead atoms. The third kappa shape index (κ3) is 4.50. The molecule has 0 radical (unpaired) electrons. The molecule has 0 spiro atoms. The molecule has 1 aromatic rings. The summed E-state index contributed by atoms with van der Waals surface area (Å²) in [5.41, 5.74) is 5.41. The fourth-order valence-electron chi connectivity index (χ4n) is 2.29. The number of amides is 1. The Hall–Kier alpha value is -1.66. The Morgan fingerprint density at radius 1 is 1.53 bits per heavy atom. The minimum Gasteiger partial charge on any atom is -0.396 e. The van der Waals surface area contributed by atoms with Crippen molar-refractivity contribution in [1.82, 2.24) is 15.3 Å². The maximum Gasteiger partial charge on any atom is 0.252 e. The van der Waals surface area contributed by atoms with Gasteiger partial charge in [0.05, 0.1) is 6.54 Å². The lowest BCUT2D eigenvalue weighted by atomic mass is 10.1. The van der Waals surface area contributed by atoms with Crippen molar-refractivity contribution in [2.75, 3.05) is 31.7 Å². The van der Waals surface area contributed by atoms with Crippen LogP contribution in [0.25, 0.3) is 0 Å². The minimum absolute atomic E-state index is 0.0738. The molecule has 1 fully saturated rings. The normalized spacial score (nSPS) is 19.3. The average molecular weight is 264 g/mol. The van der Waals surface area contributed by atoms with Crippen LogP contribution in [0, 0.1) is 5.92 Å². The molecule has 19 heavy (non-hydrogen) atoms. The van der Waals surface area contributed by atoms with Crippen molar-refractivity contribution in [2.45, 2.75) is 12.8 Å². The fourth-order valence-corrected chi connectivity index (χ4v) is 2.29. The minimum atomic E-state index is -0.0738. The van der Waals surface area contributed by atoms with Gasteiger partial charge in [0.1, 0.15) is 5.82 Å². The number of anilines is 1. The highest BCUT2D eigenvalue weighted by atomic mass is 16.3. The summed E-state index contributed by atoms with van der Waals surface area (Å²) in [4.78, 5) is 17.9. The molecule has 104 valence electrons. The van der Waals surface area contributed by atoms with E-state index in [-0.39, 0.29) is 12.5 Å². The zero-order chi connectivity index (χ0) is 13.5. The smallest absolute Gasteiger partial charge is 0.252 e. The largest absolute Gasteiger partial charge is 0.396 e. The lowest BCUT2D eigenvalue weighted by Crippen LogP contribution is -2.39. The third-order valence-electron chi connectivity index (χ3n) is 3.27. The highest BCUT2D eigenvalue weighted by Gasteiger charge is 2.23. The number of aliphatic hydroxyl groups excluding tert-OH is 1. The topological polar surface area (TPSA) is 77.5 Å². The molecule has 1 amide bonds. The predicted molar refractivity (Wildman–Crippen MR) is 72.3 cm³/mol. The van der Waals surface area contributed by atoms with Gasteiger partial charge >= 0.3 is 0 Å². The van der Waals surface area contributed by atoms with Crippen molar-refractivity contribution >= 4 is 11.7 Å². The van der Waals surface area contributed by atoms with Gasteiger partial charge in [-0.3, -0.25) is 20.5 Å². The lowest BCUT2D eigenvalue weighted by Gasteiger charge is -2.15. The predicted octanol–water partition coefficient (Wildman–Crippen LogP) is 0.229. The van der Waals surface area contributed by atoms with Crippen LogP contribution in [0.4, 0.5) is 5.82 Å². The van der Waals surface area contributed by atoms with Crippen molar-refractivity contribution in [1.29, 1.82) is 0 Å². The number of nitrogens with one attached hydrogen (secondary N) is 2. The number of hydrogen-bond acceptors (Lipinski definition) is 5. The van der Waals surface area contributed by atoms with Crippen LogP contribution in [0.15, 0.2) is 24.4 Å². The van der Waals surface area contributed by atoms with Crippen molar-refractivity contribution in [3.63, 3.8) is 0 Å². The van der Waals surface area contributed by atoms with Crippen LogP contribution in [-0.4, -0.2) is 47.1 Å². The summed E-state index contributed by atoms with van der Waals surface area (Å²) < 4.78 is 0. The summed E-state index contributed by atoms with van der Waals surface area (Å²) in [6.07, 6.45) is 3.54. The Morgan fingerprint density at radius 3 is 3.16 bits per heavy atom. The molecule has 0 aromatic carbocycles. The molecule has 1 aromatic heterocycles. The molecule has 2 heterocycles. The van der Waals surface area contributed by atoms with Crippen LogP contribution in [0.1, 0.15) is 12.8 Å². The SMILES string of the molecule is O=C(CN1CCC(CCO)C1)NNc1ccccn1. The van der Waals surface area contributed by atoms with Gasteiger partial charge in [-0.25, -0.2) is 4.98 Å². The molecule has 1 aliphatic heterocycles. The van der Waals surface area contributed by atoms with E-state index in [0.29, 0.717) is 18.3 Å². The van der Waals surface area contributed by atoms with E-state index in [9.17, 15) is 4.79 Å². The van der Waals surface area contributed by atoms with Gasteiger partial charge in [-0.2, -0.15) is 0 Å². The highest BCUT2D eigenvalue weighted by molar-refractivity contribution is 5.79. The molecular weight excluding hydrogens is 244 g/mol. The Balaban J connectivity index is 1.68. The first-order chi connectivity index (χ1) is 9.28. The molecule has 2 rings (SSSR count). The number of nitrogens with zero attached hydrogens (tertiary/aromatic N) is 2. The van der Waals surface area contributed by atoms with E-state index in [1.54, 1.807) is 12.3 Å². The fraction of sp³-hybridized carbons (Fsp3) is 0.538. The zero-order valence-electron chi connectivity index (χ0n) is 10.9. The van der Waals surface area contributed by atoms with Gasteiger partial charge in [0.15, 0.2) is 0 Å². The van der Waals surface area contributed by atoms with Crippen LogP contribution in [0.3, 0.4) is 0 Å². The maximum atomic E-state index is 11.7. The number of hydrogen-bond donors (Lipinski definition) is 3. The summed E-state index contributed by atoms with van der Waals surface area (Å²) in [5.74, 6) is 1.06. The molecule has 1 unspecified atom stereocenters. The van der Waals surface area contributed by atoms with Gasteiger partial charge in [0, 0.05) is 19.3 Å². The van der Waals surface area contributed by atoms with Gasteiger partial charge in [-0.1, -0.05) is 6.07 Å². The van der Waals surface area contributed by atoms with E-state index < -0.39 is 0 Å². The second-order valence-electron chi connectivity index (χ2n) is 4.79. The quantitative estimate of drug-likeness (QED) is 0.641. The van der Waals surface area contributed by atoms with Gasteiger partial charge in [0.2, 0.25) is 0 Å². The van der Waals surface area contributed by atoms with Crippen molar-refractivity contribution in [3.8, 4) is 0 Å². The number of carbonyl (C=O) groups excluding carboxylic acids is 1. The van der Waals surface area contributed by atoms with Crippen LogP contribution in [-0.2, 0) is 4.79 Å². The third-order valence-corrected chi connectivity index (χ3v) is 3.27. The summed E-state index contributed by atoms with van der Waals surface area (Å²) in [5, 5.41) is 8.89. The Morgan fingerprint density at radius 2 is 2.42 bits per heavy atom. The van der Waals surface area contributed by atoms with E-state index in [1.165, 1.54) is 0 Å². The van der Waals surface area contributed by atoms with Crippen LogP contribution >= 0.6 is 0 Å². The zero-order valence-corrected chi connectivity index (χ0v) is 10.9. The number of pyridine rings is 1. The summed E-state index contributed by atoms with van der Waals surface area (Å²) in [7, 11) is 0. The van der Waals surface area contributed by atoms with Crippen LogP contribution in [0.5, 0.6) is 0 Å². The molecule has 1 saturated heterocycles. The number of hydrazine groups is 1. The Kier molecular flexibility index (Phi) is 5.11. The van der Waals surface area contributed by atoms with Gasteiger partial charge in [-0.05, 0) is 37.4 Å². The maximum absolute atomic E-state index is 11.7. The number of aliphatic hydroxyl groups is 1. The van der Waals surface area contributed by atoms with Crippen molar-refractivity contribution < 1.29 is 9.90 Å². The van der Waals surface area contributed by atoms with Gasteiger partial charge < -0.3 is 5.11 Å². The number of rotatable bonds is 6. The van der Waals surface area contributed by atoms with E-state index in [2.05, 4.69) is 20.7 Å². The van der Waals surface area contributed by atoms with E-state index in [4.69, 9.17) is 5.11 Å². The first kappa shape index (κ1) is 13.8. The summed E-state index contributed by atoms with van der Waals surface area (Å²) in [6, 6.07) is 5.45. The van der Waals surface area contributed by atoms with Gasteiger partial charge in [0.25, 0.3) is 5.91 Å². The molecule has 6 heteroatoms. The Bertz CT molecular complexity index is 399. The Labute approximate surface area is 112 Å². The average Bonchev–Trinajstić information content (AvgIpc) is 2.85.